The van der Waals surface area contributed by atoms with Gasteiger partial charge in [-0.05, 0) is 51.0 Å². The standard InChI is InChI=1S/C12H17ClO2S/c1-9-7-11(13)6-5-10(9)8-16(14,15)12(2,3)4/h5-7H,8H2,1-4H3. The first-order valence-electron chi connectivity index (χ1n) is 5.11. The van der Waals surface area contributed by atoms with E-state index in [0.29, 0.717) is 5.02 Å². The predicted octanol–water partition coefficient (Wildman–Crippen LogP) is 3.36. The van der Waals surface area contributed by atoms with E-state index in [9.17, 15) is 8.42 Å². The summed E-state index contributed by atoms with van der Waals surface area (Å²) >= 11 is 5.83. The van der Waals surface area contributed by atoms with Crippen molar-refractivity contribution >= 4 is 21.4 Å². The van der Waals surface area contributed by atoms with Gasteiger partial charge in [0.2, 0.25) is 0 Å². The van der Waals surface area contributed by atoms with Crippen molar-refractivity contribution in [1.82, 2.24) is 0 Å². The molecular formula is C12H17ClO2S. The highest BCUT2D eigenvalue weighted by Crippen LogP contribution is 2.23. The van der Waals surface area contributed by atoms with Crippen LogP contribution < -0.4 is 0 Å². The van der Waals surface area contributed by atoms with E-state index in [1.807, 2.05) is 6.92 Å². The van der Waals surface area contributed by atoms with Crippen LogP contribution in [0.2, 0.25) is 5.02 Å². The SMILES string of the molecule is Cc1cc(Cl)ccc1CS(=O)(=O)C(C)(C)C. The summed E-state index contributed by atoms with van der Waals surface area (Å²) in [5.74, 6) is 0.0690. The number of halogens is 1. The lowest BCUT2D eigenvalue weighted by molar-refractivity contribution is 0.559. The smallest absolute Gasteiger partial charge is 0.159 e. The van der Waals surface area contributed by atoms with Gasteiger partial charge in [-0.3, -0.25) is 0 Å². The van der Waals surface area contributed by atoms with Crippen LogP contribution in [0, 0.1) is 6.92 Å². The Morgan fingerprint density at radius 2 is 1.81 bits per heavy atom. The number of hydrogen-bond donors (Lipinski definition) is 0. The lowest BCUT2D eigenvalue weighted by Gasteiger charge is -2.19. The molecule has 0 atom stereocenters. The fourth-order valence-electron chi connectivity index (χ4n) is 1.24. The van der Waals surface area contributed by atoms with Crippen molar-refractivity contribution in [2.24, 2.45) is 0 Å². The highest BCUT2D eigenvalue weighted by molar-refractivity contribution is 7.91. The molecule has 16 heavy (non-hydrogen) atoms. The van der Waals surface area contributed by atoms with Crippen LogP contribution in [0.4, 0.5) is 0 Å². The molecule has 0 spiro atoms. The van der Waals surface area contributed by atoms with Gasteiger partial charge >= 0.3 is 0 Å². The van der Waals surface area contributed by atoms with Gasteiger partial charge in [0.1, 0.15) is 0 Å². The average Bonchev–Trinajstić information content (AvgIpc) is 2.08. The van der Waals surface area contributed by atoms with Crippen LogP contribution in [-0.4, -0.2) is 13.2 Å². The van der Waals surface area contributed by atoms with Crippen LogP contribution in [0.15, 0.2) is 18.2 Å². The van der Waals surface area contributed by atoms with E-state index in [-0.39, 0.29) is 5.75 Å². The minimum Gasteiger partial charge on any atom is -0.228 e. The number of sulfone groups is 1. The van der Waals surface area contributed by atoms with Crippen LogP contribution in [0.3, 0.4) is 0 Å². The van der Waals surface area contributed by atoms with Crippen molar-refractivity contribution in [2.75, 3.05) is 0 Å². The monoisotopic (exact) mass is 260 g/mol. The maximum absolute atomic E-state index is 12.0. The van der Waals surface area contributed by atoms with Crippen LogP contribution >= 0.6 is 11.6 Å². The Morgan fingerprint density at radius 3 is 2.25 bits per heavy atom. The lowest BCUT2D eigenvalue weighted by atomic mass is 10.1. The van der Waals surface area contributed by atoms with Crippen molar-refractivity contribution < 1.29 is 8.42 Å². The Balaban J connectivity index is 3.07. The zero-order valence-electron chi connectivity index (χ0n) is 10.0. The predicted molar refractivity (Wildman–Crippen MR) is 68.6 cm³/mol. The number of benzene rings is 1. The summed E-state index contributed by atoms with van der Waals surface area (Å²) in [4.78, 5) is 0. The third-order valence-electron chi connectivity index (χ3n) is 2.58. The number of rotatable bonds is 2. The Labute approximate surface area is 103 Å². The van der Waals surface area contributed by atoms with Gasteiger partial charge in [-0.2, -0.15) is 0 Å². The van der Waals surface area contributed by atoms with E-state index in [2.05, 4.69) is 0 Å². The summed E-state index contributed by atoms with van der Waals surface area (Å²) in [7, 11) is -3.13. The van der Waals surface area contributed by atoms with Crippen LogP contribution in [0.5, 0.6) is 0 Å². The Bertz CT molecular complexity index is 484. The first-order chi connectivity index (χ1) is 7.13. The van der Waals surface area contributed by atoms with E-state index in [1.54, 1.807) is 39.0 Å². The Hall–Kier alpha value is -0.540. The highest BCUT2D eigenvalue weighted by atomic mass is 35.5. The van der Waals surface area contributed by atoms with E-state index >= 15 is 0 Å². The summed E-state index contributed by atoms with van der Waals surface area (Å²) < 4.78 is 23.3. The van der Waals surface area contributed by atoms with Crippen molar-refractivity contribution in [2.45, 2.75) is 38.2 Å². The molecule has 0 aliphatic carbocycles. The zero-order chi connectivity index (χ0) is 12.6. The third-order valence-corrected chi connectivity index (χ3v) is 5.38. The fourth-order valence-corrected chi connectivity index (χ4v) is 2.64. The molecule has 1 rings (SSSR count). The third kappa shape index (κ3) is 2.98. The maximum atomic E-state index is 12.0. The van der Waals surface area contributed by atoms with Gasteiger partial charge in [-0.25, -0.2) is 8.42 Å². The highest BCUT2D eigenvalue weighted by Gasteiger charge is 2.29. The summed E-state index contributed by atoms with van der Waals surface area (Å²) in [6, 6.07) is 5.29. The summed E-state index contributed by atoms with van der Waals surface area (Å²) in [5.41, 5.74) is 1.74. The molecular weight excluding hydrogens is 244 g/mol. The molecule has 0 aromatic heterocycles. The van der Waals surface area contributed by atoms with E-state index < -0.39 is 14.6 Å². The van der Waals surface area contributed by atoms with Gasteiger partial charge in [0.15, 0.2) is 9.84 Å². The number of aryl methyl sites for hydroxylation is 1. The van der Waals surface area contributed by atoms with Gasteiger partial charge in [-0.15, -0.1) is 0 Å². The van der Waals surface area contributed by atoms with Crippen LogP contribution in [0.1, 0.15) is 31.9 Å². The van der Waals surface area contributed by atoms with Crippen molar-refractivity contribution in [3.05, 3.63) is 34.3 Å². The summed E-state index contributed by atoms with van der Waals surface area (Å²) in [6.45, 7) is 7.02. The molecule has 0 aliphatic heterocycles. The molecule has 0 bridgehead atoms. The first-order valence-corrected chi connectivity index (χ1v) is 7.14. The number of hydrogen-bond acceptors (Lipinski definition) is 2. The molecule has 0 N–H and O–H groups in total. The second kappa shape index (κ2) is 4.38. The molecule has 1 aromatic rings. The van der Waals surface area contributed by atoms with Gasteiger partial charge in [0.05, 0.1) is 10.5 Å². The molecule has 0 saturated carbocycles. The molecule has 0 heterocycles. The second-order valence-corrected chi connectivity index (χ2v) is 8.12. The Morgan fingerprint density at radius 1 is 1.25 bits per heavy atom. The average molecular weight is 261 g/mol. The quantitative estimate of drug-likeness (QED) is 0.817. The zero-order valence-corrected chi connectivity index (χ0v) is 11.6. The molecule has 0 unspecified atom stereocenters. The van der Waals surface area contributed by atoms with E-state index in [4.69, 9.17) is 11.6 Å². The van der Waals surface area contributed by atoms with Gasteiger partial charge in [-0.1, -0.05) is 17.7 Å². The molecule has 0 aliphatic rings. The molecule has 90 valence electrons. The Kier molecular flexibility index (Phi) is 3.70. The normalized spacial score (nSPS) is 12.8. The van der Waals surface area contributed by atoms with Crippen molar-refractivity contribution in [3.63, 3.8) is 0 Å². The fraction of sp³-hybridized carbons (Fsp3) is 0.500. The molecule has 0 radical (unpaired) electrons. The van der Waals surface area contributed by atoms with E-state index in [0.717, 1.165) is 11.1 Å². The van der Waals surface area contributed by atoms with E-state index in [1.165, 1.54) is 0 Å². The summed E-state index contributed by atoms with van der Waals surface area (Å²) in [5, 5.41) is 0.634. The maximum Gasteiger partial charge on any atom is 0.159 e. The molecule has 0 saturated heterocycles. The second-order valence-electron chi connectivity index (χ2n) is 4.94. The molecule has 4 heteroatoms. The van der Waals surface area contributed by atoms with Gasteiger partial charge in [0.25, 0.3) is 0 Å². The minimum absolute atomic E-state index is 0.0690. The van der Waals surface area contributed by atoms with Gasteiger partial charge < -0.3 is 0 Å². The molecule has 0 amide bonds. The van der Waals surface area contributed by atoms with Gasteiger partial charge in [0, 0.05) is 5.02 Å². The first kappa shape index (κ1) is 13.5. The van der Waals surface area contributed by atoms with Crippen molar-refractivity contribution in [1.29, 1.82) is 0 Å². The lowest BCUT2D eigenvalue weighted by Crippen LogP contribution is -2.29. The topological polar surface area (TPSA) is 34.1 Å². The molecule has 1 aromatic carbocycles. The largest absolute Gasteiger partial charge is 0.228 e. The van der Waals surface area contributed by atoms with Crippen LogP contribution in [0.25, 0.3) is 0 Å². The van der Waals surface area contributed by atoms with Crippen molar-refractivity contribution in [3.8, 4) is 0 Å². The molecule has 2 nitrogen and oxygen atoms in total. The molecule has 0 fully saturated rings. The minimum atomic E-state index is -3.13. The summed E-state index contributed by atoms with van der Waals surface area (Å²) in [6.07, 6.45) is 0. The van der Waals surface area contributed by atoms with Crippen LogP contribution in [-0.2, 0) is 15.6 Å².